The van der Waals surface area contributed by atoms with E-state index in [1.807, 2.05) is 38.2 Å². The number of nitrogens with one attached hydrogen (secondary N) is 1. The number of hydrogen-bond acceptors (Lipinski definition) is 3. The minimum absolute atomic E-state index is 0.126. The molecule has 0 aromatic heterocycles. The van der Waals surface area contributed by atoms with Crippen molar-refractivity contribution in [1.82, 2.24) is 0 Å². The molecule has 0 radical (unpaired) electrons. The van der Waals surface area contributed by atoms with Crippen molar-refractivity contribution in [2.24, 2.45) is 17.8 Å². The highest BCUT2D eigenvalue weighted by molar-refractivity contribution is 5.96. The lowest BCUT2D eigenvalue weighted by Crippen LogP contribution is -2.24. The third kappa shape index (κ3) is 10.2. The minimum Gasteiger partial charge on any atom is -0.306 e. The predicted molar refractivity (Wildman–Crippen MR) is 158 cm³/mol. The van der Waals surface area contributed by atoms with E-state index in [0.717, 1.165) is 56.1 Å². The second-order valence-corrected chi connectivity index (χ2v) is 10.9. The molecule has 2 rings (SSSR count). The Bertz CT molecular complexity index is 1050. The molecule has 3 heteroatoms. The summed E-state index contributed by atoms with van der Waals surface area (Å²) in [7, 11) is 0. The molecule has 0 aliphatic heterocycles. The first-order valence-electron chi connectivity index (χ1n) is 14.0. The third-order valence-corrected chi connectivity index (χ3v) is 7.68. The molecule has 0 heterocycles. The van der Waals surface area contributed by atoms with Crippen LogP contribution in [0.5, 0.6) is 0 Å². The minimum atomic E-state index is 0.126. The fraction of sp³-hybridized carbons (Fsp3) is 0.500. The summed E-state index contributed by atoms with van der Waals surface area (Å²) in [5.74, 6) is 1.64. The fourth-order valence-corrected chi connectivity index (χ4v) is 5.62. The van der Waals surface area contributed by atoms with Crippen LogP contribution < -0.4 is 0 Å². The van der Waals surface area contributed by atoms with E-state index in [2.05, 4.69) is 37.8 Å². The molecule has 1 aliphatic rings. The molecule has 3 nitrogen and oxygen atoms in total. The smallest absolute Gasteiger partial charge is 0.161 e. The van der Waals surface area contributed by atoms with Gasteiger partial charge in [0, 0.05) is 18.1 Å². The van der Waals surface area contributed by atoms with Crippen molar-refractivity contribution in [2.75, 3.05) is 0 Å². The molecule has 0 amide bonds. The number of aryl methyl sites for hydroxylation is 2. The first-order chi connectivity index (χ1) is 17.6. The molecule has 1 fully saturated rings. The Balaban J connectivity index is 1.96. The number of ketones is 2. The first kappa shape index (κ1) is 30.4. The van der Waals surface area contributed by atoms with Gasteiger partial charge in [-0.2, -0.15) is 0 Å². The van der Waals surface area contributed by atoms with Crippen LogP contribution in [-0.4, -0.2) is 17.3 Å². The number of benzene rings is 1. The van der Waals surface area contributed by atoms with Gasteiger partial charge in [0.15, 0.2) is 5.78 Å². The molecule has 1 aromatic carbocycles. The molecular weight excluding hydrogens is 454 g/mol. The highest BCUT2D eigenvalue weighted by atomic mass is 16.1. The molecule has 0 saturated heterocycles. The average Bonchev–Trinajstić information content (AvgIpc) is 2.86. The van der Waals surface area contributed by atoms with Crippen LogP contribution in [0.3, 0.4) is 0 Å². The monoisotopic (exact) mass is 501 g/mol. The van der Waals surface area contributed by atoms with Crippen LogP contribution in [0.2, 0.25) is 0 Å². The normalized spacial score (nSPS) is 19.3. The maximum absolute atomic E-state index is 12.7. The Morgan fingerprint density at radius 1 is 1.11 bits per heavy atom. The molecule has 37 heavy (non-hydrogen) atoms. The molecule has 1 aliphatic carbocycles. The van der Waals surface area contributed by atoms with Crippen LogP contribution in [0.1, 0.15) is 95.8 Å². The van der Waals surface area contributed by atoms with Crippen molar-refractivity contribution >= 4 is 22.9 Å². The van der Waals surface area contributed by atoms with Crippen molar-refractivity contribution in [2.45, 2.75) is 92.4 Å². The van der Waals surface area contributed by atoms with Crippen LogP contribution in [-0.2, 0) is 16.0 Å². The van der Waals surface area contributed by atoms with Gasteiger partial charge in [0.1, 0.15) is 5.78 Å². The van der Waals surface area contributed by atoms with Crippen molar-refractivity contribution in [3.05, 3.63) is 77.4 Å². The first-order valence-corrected chi connectivity index (χ1v) is 14.0. The summed E-state index contributed by atoms with van der Waals surface area (Å²) in [5, 5.41) is 7.66. The largest absolute Gasteiger partial charge is 0.306 e. The van der Waals surface area contributed by atoms with Crippen molar-refractivity contribution < 1.29 is 9.59 Å². The number of Topliss-reactive ketones (excluding diaryl/α,β-unsaturated/α-hetero) is 2. The zero-order chi connectivity index (χ0) is 27.4. The Morgan fingerprint density at radius 2 is 1.81 bits per heavy atom. The Kier molecular flexibility index (Phi) is 12.7. The van der Waals surface area contributed by atoms with E-state index in [9.17, 15) is 9.59 Å². The molecule has 1 aromatic rings. The van der Waals surface area contributed by atoms with E-state index in [-0.39, 0.29) is 17.5 Å². The average molecular weight is 502 g/mol. The SMILES string of the molecule is C=C(CC=CC)C(=O)C1CCC(CC(CCc2ccc(C(=CC)/C=C\C(C)=N)c(C)c2)CC(C)=O)CC1. The predicted octanol–water partition coefficient (Wildman–Crippen LogP) is 8.81. The zero-order valence-corrected chi connectivity index (χ0v) is 23.7. The van der Waals surface area contributed by atoms with Gasteiger partial charge in [-0.05, 0) is 132 Å². The van der Waals surface area contributed by atoms with Crippen molar-refractivity contribution in [3.8, 4) is 0 Å². The molecule has 1 N–H and O–H groups in total. The number of carbonyl (C=O) groups excluding carboxylic acids is 2. The summed E-state index contributed by atoms with van der Waals surface area (Å²) < 4.78 is 0. The van der Waals surface area contributed by atoms with Gasteiger partial charge in [-0.25, -0.2) is 0 Å². The molecule has 1 saturated carbocycles. The zero-order valence-electron chi connectivity index (χ0n) is 23.7. The van der Waals surface area contributed by atoms with E-state index in [4.69, 9.17) is 5.41 Å². The Hall–Kier alpha value is -2.81. The summed E-state index contributed by atoms with van der Waals surface area (Å²) >= 11 is 0. The van der Waals surface area contributed by atoms with E-state index in [1.54, 1.807) is 13.8 Å². The summed E-state index contributed by atoms with van der Waals surface area (Å²) in [6.07, 6.45) is 18.3. The standard InChI is InChI=1S/C34H47NO2/c1-7-9-10-24(3)34(37)32-18-14-29(15-19-32)23-30(22-27(6)36)13-12-28-16-20-33(25(4)21-28)31(8-2)17-11-26(5)35/h7-9,11,16-17,20-21,29-30,32,35H,3,10,12-15,18-19,22-23H2,1-2,4-6H3/b9-7?,17-11-,31-8?,35-26?. The quantitative estimate of drug-likeness (QED) is 0.120. The van der Waals surface area contributed by atoms with E-state index in [0.29, 0.717) is 30.4 Å². The van der Waals surface area contributed by atoms with Crippen LogP contribution >= 0.6 is 0 Å². The van der Waals surface area contributed by atoms with E-state index < -0.39 is 0 Å². The maximum Gasteiger partial charge on any atom is 0.161 e. The van der Waals surface area contributed by atoms with Crippen molar-refractivity contribution in [1.29, 1.82) is 5.41 Å². The lowest BCUT2D eigenvalue weighted by atomic mass is 9.74. The third-order valence-electron chi connectivity index (χ3n) is 7.68. The molecule has 1 atom stereocenters. The molecular formula is C34H47NO2. The lowest BCUT2D eigenvalue weighted by Gasteiger charge is -2.30. The fourth-order valence-electron chi connectivity index (χ4n) is 5.62. The maximum atomic E-state index is 12.7. The van der Waals surface area contributed by atoms with Gasteiger partial charge in [0.25, 0.3) is 0 Å². The summed E-state index contributed by atoms with van der Waals surface area (Å²) in [4.78, 5) is 24.8. The van der Waals surface area contributed by atoms with Crippen LogP contribution in [0.25, 0.3) is 5.57 Å². The molecule has 0 spiro atoms. The van der Waals surface area contributed by atoms with Gasteiger partial charge < -0.3 is 10.2 Å². The second-order valence-electron chi connectivity index (χ2n) is 10.9. The lowest BCUT2D eigenvalue weighted by molar-refractivity contribution is -0.120. The summed E-state index contributed by atoms with van der Waals surface area (Å²) in [6.45, 7) is 13.6. The Labute approximate surface area is 225 Å². The second kappa shape index (κ2) is 15.4. The van der Waals surface area contributed by atoms with Gasteiger partial charge in [-0.1, -0.05) is 49.1 Å². The van der Waals surface area contributed by atoms with Gasteiger partial charge >= 0.3 is 0 Å². The van der Waals surface area contributed by atoms with E-state index >= 15 is 0 Å². The van der Waals surface area contributed by atoms with Crippen molar-refractivity contribution in [3.63, 3.8) is 0 Å². The van der Waals surface area contributed by atoms with Gasteiger partial charge in [-0.3, -0.25) is 4.79 Å². The van der Waals surface area contributed by atoms with Crippen LogP contribution in [0.4, 0.5) is 0 Å². The van der Waals surface area contributed by atoms with Crippen LogP contribution in [0.15, 0.2) is 60.7 Å². The molecule has 1 unspecified atom stereocenters. The van der Waals surface area contributed by atoms with Gasteiger partial charge in [-0.15, -0.1) is 0 Å². The molecule has 200 valence electrons. The summed E-state index contributed by atoms with van der Waals surface area (Å²) in [6, 6.07) is 6.66. The van der Waals surface area contributed by atoms with Gasteiger partial charge in [0.05, 0.1) is 0 Å². The Morgan fingerprint density at radius 3 is 2.38 bits per heavy atom. The topological polar surface area (TPSA) is 58.0 Å². The number of carbonyl (C=O) groups is 2. The van der Waals surface area contributed by atoms with Crippen LogP contribution in [0, 0.1) is 30.1 Å². The highest BCUT2D eigenvalue weighted by Crippen LogP contribution is 2.36. The highest BCUT2D eigenvalue weighted by Gasteiger charge is 2.28. The number of rotatable bonds is 14. The summed E-state index contributed by atoms with van der Waals surface area (Å²) in [5.41, 5.74) is 6.15. The number of hydrogen-bond donors (Lipinski definition) is 1. The number of allylic oxidation sites excluding steroid dienone is 7. The van der Waals surface area contributed by atoms with E-state index in [1.165, 1.54) is 16.7 Å². The molecule has 0 bridgehead atoms. The van der Waals surface area contributed by atoms with Gasteiger partial charge in [0.2, 0.25) is 0 Å².